The van der Waals surface area contributed by atoms with Crippen LogP contribution in [0.15, 0.2) is 18.2 Å². The molecule has 0 saturated carbocycles. The van der Waals surface area contributed by atoms with Gasteiger partial charge in [-0.3, -0.25) is 10.1 Å². The Kier molecular flexibility index (Phi) is 4.06. The Labute approximate surface area is 106 Å². The Balaban J connectivity index is 3.01. The quantitative estimate of drug-likeness (QED) is 0.468. The summed E-state index contributed by atoms with van der Waals surface area (Å²) in [5.74, 6) is -0.537. The van der Waals surface area contributed by atoms with E-state index in [-0.39, 0.29) is 11.3 Å². The Hall–Kier alpha value is -1.91. The predicted octanol–water partition coefficient (Wildman–Crippen LogP) is 3.25. The van der Waals surface area contributed by atoms with Crippen molar-refractivity contribution in [3.63, 3.8) is 0 Å². The first-order valence-electron chi connectivity index (χ1n) is 5.75. The molecule has 5 heteroatoms. The molecular weight excluding hydrogens is 234 g/mol. The fraction of sp³-hybridized carbons (Fsp3) is 0.462. The van der Waals surface area contributed by atoms with Crippen molar-refractivity contribution in [2.24, 2.45) is 0 Å². The highest BCUT2D eigenvalue weighted by molar-refractivity contribution is 5.90. The zero-order chi connectivity index (χ0) is 13.9. The fourth-order valence-corrected chi connectivity index (χ4v) is 1.32. The lowest BCUT2D eigenvalue weighted by molar-refractivity contribution is -0.385. The van der Waals surface area contributed by atoms with Crippen LogP contribution in [-0.4, -0.2) is 16.5 Å². The van der Waals surface area contributed by atoms with E-state index in [1.165, 1.54) is 12.1 Å². The van der Waals surface area contributed by atoms with E-state index in [1.807, 2.05) is 6.92 Å². The molecule has 0 aliphatic carbocycles. The molecule has 0 N–H and O–H groups in total. The second-order valence-corrected chi connectivity index (χ2v) is 4.76. The number of hydrogen-bond donors (Lipinski definition) is 0. The van der Waals surface area contributed by atoms with Gasteiger partial charge in [0.1, 0.15) is 5.60 Å². The number of hydrogen-bond acceptors (Lipinski definition) is 4. The van der Waals surface area contributed by atoms with E-state index >= 15 is 0 Å². The summed E-state index contributed by atoms with van der Waals surface area (Å²) in [6.07, 6.45) is 0.673. The summed E-state index contributed by atoms with van der Waals surface area (Å²) in [4.78, 5) is 22.1. The molecule has 98 valence electrons. The summed E-state index contributed by atoms with van der Waals surface area (Å²) in [6.45, 7) is 7.13. The van der Waals surface area contributed by atoms with Crippen LogP contribution in [0.2, 0.25) is 0 Å². The largest absolute Gasteiger partial charge is 0.456 e. The highest BCUT2D eigenvalue weighted by atomic mass is 16.6. The molecule has 0 aliphatic heterocycles. The molecule has 1 aromatic rings. The summed E-state index contributed by atoms with van der Waals surface area (Å²) in [7, 11) is 0. The average molecular weight is 251 g/mol. The molecule has 18 heavy (non-hydrogen) atoms. The van der Waals surface area contributed by atoms with Crippen LogP contribution in [0.1, 0.15) is 43.1 Å². The molecule has 0 radical (unpaired) electrons. The van der Waals surface area contributed by atoms with Crippen molar-refractivity contribution in [3.05, 3.63) is 39.4 Å². The smallest absolute Gasteiger partial charge is 0.338 e. The van der Waals surface area contributed by atoms with Gasteiger partial charge in [-0.05, 0) is 33.3 Å². The lowest BCUT2D eigenvalue weighted by Gasteiger charge is -2.23. The topological polar surface area (TPSA) is 69.4 Å². The van der Waals surface area contributed by atoms with Crippen LogP contribution in [0.25, 0.3) is 0 Å². The van der Waals surface area contributed by atoms with Crippen LogP contribution >= 0.6 is 0 Å². The Morgan fingerprint density at radius 2 is 2.06 bits per heavy atom. The lowest BCUT2D eigenvalue weighted by Crippen LogP contribution is -2.27. The van der Waals surface area contributed by atoms with Gasteiger partial charge < -0.3 is 4.74 Å². The first kappa shape index (κ1) is 14.2. The van der Waals surface area contributed by atoms with Crippen LogP contribution < -0.4 is 0 Å². The molecule has 0 atom stereocenters. The zero-order valence-electron chi connectivity index (χ0n) is 11.0. The third kappa shape index (κ3) is 3.29. The van der Waals surface area contributed by atoms with Gasteiger partial charge in [-0.15, -0.1) is 0 Å². The second kappa shape index (κ2) is 5.16. The molecule has 0 fully saturated rings. The number of carbonyl (C=O) groups is 1. The number of esters is 1. The maximum atomic E-state index is 11.9. The summed E-state index contributed by atoms with van der Waals surface area (Å²) in [5, 5.41) is 10.8. The third-order valence-corrected chi connectivity index (χ3v) is 2.86. The SMILES string of the molecule is CCC(C)(C)OC(=O)c1ccc(C)c([N+](=O)[O-])c1. The maximum Gasteiger partial charge on any atom is 0.338 e. The summed E-state index contributed by atoms with van der Waals surface area (Å²) >= 11 is 0. The third-order valence-electron chi connectivity index (χ3n) is 2.86. The van der Waals surface area contributed by atoms with E-state index in [9.17, 15) is 14.9 Å². The van der Waals surface area contributed by atoms with Crippen molar-refractivity contribution in [2.75, 3.05) is 0 Å². The number of ether oxygens (including phenoxy) is 1. The van der Waals surface area contributed by atoms with Crippen molar-refractivity contribution >= 4 is 11.7 Å². The highest BCUT2D eigenvalue weighted by Gasteiger charge is 2.23. The summed E-state index contributed by atoms with van der Waals surface area (Å²) in [5.41, 5.74) is 0.0791. The number of benzene rings is 1. The van der Waals surface area contributed by atoms with Crippen molar-refractivity contribution in [1.82, 2.24) is 0 Å². The minimum absolute atomic E-state index is 0.0706. The van der Waals surface area contributed by atoms with E-state index in [1.54, 1.807) is 26.8 Å². The van der Waals surface area contributed by atoms with Gasteiger partial charge in [-0.25, -0.2) is 4.79 Å². The number of nitro benzene ring substituents is 1. The molecule has 0 aliphatic rings. The fourth-order valence-electron chi connectivity index (χ4n) is 1.32. The van der Waals surface area contributed by atoms with Crippen LogP contribution in [0.5, 0.6) is 0 Å². The standard InChI is InChI=1S/C13H17NO4/c1-5-13(3,4)18-12(15)10-7-6-9(2)11(8-10)14(16)17/h6-8H,5H2,1-4H3. The molecule has 5 nitrogen and oxygen atoms in total. The Morgan fingerprint density at radius 3 is 2.56 bits per heavy atom. The number of nitrogens with zero attached hydrogens (tertiary/aromatic N) is 1. The van der Waals surface area contributed by atoms with E-state index in [4.69, 9.17) is 4.74 Å². The Morgan fingerprint density at radius 1 is 1.44 bits per heavy atom. The minimum Gasteiger partial charge on any atom is -0.456 e. The van der Waals surface area contributed by atoms with E-state index in [2.05, 4.69) is 0 Å². The van der Waals surface area contributed by atoms with Crippen molar-refractivity contribution in [3.8, 4) is 0 Å². The molecule has 0 spiro atoms. The Bertz CT molecular complexity index is 480. The van der Waals surface area contributed by atoms with Gasteiger partial charge in [0.2, 0.25) is 0 Å². The predicted molar refractivity (Wildman–Crippen MR) is 67.6 cm³/mol. The lowest BCUT2D eigenvalue weighted by atomic mass is 10.1. The van der Waals surface area contributed by atoms with Gasteiger partial charge in [0.15, 0.2) is 0 Å². The normalized spacial score (nSPS) is 11.1. The van der Waals surface area contributed by atoms with Crippen molar-refractivity contribution in [2.45, 2.75) is 39.7 Å². The molecule has 0 bridgehead atoms. The number of carbonyl (C=O) groups excluding carboxylic acids is 1. The van der Waals surface area contributed by atoms with Gasteiger partial charge in [0.25, 0.3) is 5.69 Å². The second-order valence-electron chi connectivity index (χ2n) is 4.76. The molecule has 1 rings (SSSR count). The molecule has 0 heterocycles. The minimum atomic E-state index is -0.573. The molecule has 1 aromatic carbocycles. The molecule has 0 aromatic heterocycles. The van der Waals surface area contributed by atoms with Gasteiger partial charge in [0.05, 0.1) is 10.5 Å². The molecule has 0 saturated heterocycles. The van der Waals surface area contributed by atoms with Gasteiger partial charge in [-0.1, -0.05) is 13.0 Å². The molecular formula is C13H17NO4. The van der Waals surface area contributed by atoms with E-state index in [0.29, 0.717) is 12.0 Å². The van der Waals surface area contributed by atoms with Gasteiger partial charge in [-0.2, -0.15) is 0 Å². The van der Waals surface area contributed by atoms with E-state index in [0.717, 1.165) is 0 Å². The number of nitro groups is 1. The monoisotopic (exact) mass is 251 g/mol. The average Bonchev–Trinajstić information content (AvgIpc) is 2.28. The van der Waals surface area contributed by atoms with Crippen LogP contribution in [-0.2, 0) is 4.74 Å². The zero-order valence-corrected chi connectivity index (χ0v) is 11.0. The first-order valence-corrected chi connectivity index (χ1v) is 5.75. The van der Waals surface area contributed by atoms with Crippen molar-refractivity contribution in [1.29, 1.82) is 0 Å². The van der Waals surface area contributed by atoms with Gasteiger partial charge >= 0.3 is 5.97 Å². The highest BCUT2D eigenvalue weighted by Crippen LogP contribution is 2.22. The van der Waals surface area contributed by atoms with E-state index < -0.39 is 16.5 Å². The number of aryl methyl sites for hydroxylation is 1. The van der Waals surface area contributed by atoms with Gasteiger partial charge in [0, 0.05) is 11.6 Å². The molecule has 0 unspecified atom stereocenters. The van der Waals surface area contributed by atoms with Crippen molar-refractivity contribution < 1.29 is 14.5 Å². The summed E-state index contributed by atoms with van der Waals surface area (Å²) < 4.78 is 5.29. The maximum absolute atomic E-state index is 11.9. The summed E-state index contributed by atoms with van der Waals surface area (Å²) in [6, 6.07) is 4.34. The van der Waals surface area contributed by atoms with Crippen LogP contribution in [0.4, 0.5) is 5.69 Å². The first-order chi connectivity index (χ1) is 8.26. The molecule has 0 amide bonds. The number of rotatable bonds is 4. The van der Waals surface area contributed by atoms with Crippen LogP contribution in [0, 0.1) is 17.0 Å². The van der Waals surface area contributed by atoms with Crippen LogP contribution in [0.3, 0.4) is 0 Å².